The van der Waals surface area contributed by atoms with Crippen LogP contribution in [0.1, 0.15) is 40.2 Å². The van der Waals surface area contributed by atoms with Gasteiger partial charge in [0.15, 0.2) is 6.20 Å². The van der Waals surface area contributed by atoms with Crippen molar-refractivity contribution in [1.29, 1.82) is 0 Å². The molecule has 2 aromatic rings. The van der Waals surface area contributed by atoms with Crippen LogP contribution >= 0.6 is 0 Å². The van der Waals surface area contributed by atoms with Crippen LogP contribution in [0.25, 0.3) is 11.3 Å². The Morgan fingerprint density at radius 3 is 2.39 bits per heavy atom. The van der Waals surface area contributed by atoms with Gasteiger partial charge in [-0.3, -0.25) is 0 Å². The molecule has 0 aliphatic rings. The van der Waals surface area contributed by atoms with E-state index in [-0.39, 0.29) is 16.7 Å². The van der Waals surface area contributed by atoms with Gasteiger partial charge in [0.1, 0.15) is 7.05 Å². The molecule has 0 saturated heterocycles. The van der Waals surface area contributed by atoms with E-state index in [4.69, 9.17) is 12.3 Å². The molecule has 0 atom stereocenters. The number of rotatable bonds is 1. The first-order chi connectivity index (χ1) is 12.0. The van der Waals surface area contributed by atoms with Crippen molar-refractivity contribution in [2.24, 2.45) is 7.05 Å². The van der Waals surface area contributed by atoms with E-state index in [0.29, 0.717) is 22.4 Å². The van der Waals surface area contributed by atoms with Gasteiger partial charge in [-0.15, -0.1) is 0 Å². The minimum atomic E-state index is -2.59. The molecule has 1 heterocycles. The van der Waals surface area contributed by atoms with Crippen LogP contribution in [0.15, 0.2) is 24.4 Å². The molecule has 0 bridgehead atoms. The number of benzene rings is 1. The zero-order valence-electron chi connectivity index (χ0n) is 19.8. The third-order valence-electron chi connectivity index (χ3n) is 3.22. The summed E-state index contributed by atoms with van der Waals surface area (Å²) in [4.78, 5) is 0. The van der Waals surface area contributed by atoms with Crippen molar-refractivity contribution in [3.8, 4) is 11.3 Å². The number of aryl methyl sites for hydroxylation is 4. The first-order valence-electron chi connectivity index (χ1n) is 10.2. The van der Waals surface area contributed by atoms with E-state index in [1.165, 1.54) is 12.3 Å². The Kier molecular flexibility index (Phi) is 1.41. The normalized spacial score (nSPS) is 20.3. The molecular formula is C17H22N+. The Morgan fingerprint density at radius 2 is 1.72 bits per heavy atom. The smallest absolute Gasteiger partial charge is 0.201 e. The van der Waals surface area contributed by atoms with Gasteiger partial charge in [-0.25, -0.2) is 4.57 Å². The monoisotopic (exact) mass is 249 g/mol. The van der Waals surface area contributed by atoms with Gasteiger partial charge < -0.3 is 0 Å². The quantitative estimate of drug-likeness (QED) is 0.678. The lowest BCUT2D eigenvalue weighted by molar-refractivity contribution is -0.660. The summed E-state index contributed by atoms with van der Waals surface area (Å²) in [5.41, 5.74) is 1.90. The minimum absolute atomic E-state index is 0.183. The lowest BCUT2D eigenvalue weighted by Crippen LogP contribution is -2.31. The van der Waals surface area contributed by atoms with Crippen molar-refractivity contribution in [2.45, 2.75) is 34.4 Å². The highest BCUT2D eigenvalue weighted by molar-refractivity contribution is 5.64. The van der Waals surface area contributed by atoms with E-state index in [1.807, 2.05) is 0 Å². The Hall–Kier alpha value is -1.63. The highest BCUT2D eigenvalue weighted by Gasteiger charge is 2.15. The molecule has 18 heavy (non-hydrogen) atoms. The molecule has 0 fully saturated rings. The zero-order valence-corrected chi connectivity index (χ0v) is 10.8. The first-order valence-corrected chi connectivity index (χ1v) is 5.71. The molecule has 1 nitrogen and oxygen atoms in total. The summed E-state index contributed by atoms with van der Waals surface area (Å²) in [6.45, 7) is -4.13. The highest BCUT2D eigenvalue weighted by atomic mass is 14.9. The van der Waals surface area contributed by atoms with Gasteiger partial charge >= 0.3 is 0 Å². The number of pyridine rings is 1. The molecule has 1 heteroatoms. The standard InChI is InChI=1S/C17H22N/c1-11-7-8-16(15(5)14(11)4)17-9-12(2)13(3)10-18(17)6/h7-10H,1-6H3/q+1/i1D3,3D3,4D3. The van der Waals surface area contributed by atoms with Crippen molar-refractivity contribution in [2.75, 3.05) is 0 Å². The zero-order chi connectivity index (χ0) is 20.9. The van der Waals surface area contributed by atoms with Gasteiger partial charge in [0, 0.05) is 29.5 Å². The molecule has 0 unspecified atom stereocenters. The summed E-state index contributed by atoms with van der Waals surface area (Å²) in [6, 6.07) is 4.59. The second-order valence-electron chi connectivity index (χ2n) is 4.53. The van der Waals surface area contributed by atoms with Crippen LogP contribution in [0.4, 0.5) is 0 Å². The van der Waals surface area contributed by atoms with Crippen molar-refractivity contribution in [3.05, 3.63) is 52.2 Å². The van der Waals surface area contributed by atoms with Crippen LogP contribution in [-0.4, -0.2) is 0 Å². The van der Waals surface area contributed by atoms with Gasteiger partial charge in [-0.2, -0.15) is 0 Å². The highest BCUT2D eigenvalue weighted by Crippen LogP contribution is 2.26. The molecule has 0 aliphatic heterocycles. The maximum Gasteiger partial charge on any atom is 0.212 e. The van der Waals surface area contributed by atoms with Gasteiger partial charge in [-0.05, 0) is 62.7 Å². The topological polar surface area (TPSA) is 3.88 Å². The average molecular weight is 249 g/mol. The molecule has 94 valence electrons. The van der Waals surface area contributed by atoms with E-state index in [2.05, 4.69) is 0 Å². The fourth-order valence-electron chi connectivity index (χ4n) is 2.01. The van der Waals surface area contributed by atoms with Gasteiger partial charge in [-0.1, -0.05) is 6.07 Å². The molecule has 1 aromatic carbocycles. The molecule has 0 N–H and O–H groups in total. The second-order valence-corrected chi connectivity index (χ2v) is 4.53. The summed E-state index contributed by atoms with van der Waals surface area (Å²) in [7, 11) is 1.68. The van der Waals surface area contributed by atoms with Crippen LogP contribution in [-0.2, 0) is 7.05 Å². The minimum Gasteiger partial charge on any atom is -0.201 e. The summed E-state index contributed by atoms with van der Waals surface area (Å²) >= 11 is 0. The average Bonchev–Trinajstić information content (AvgIpc) is 2.45. The summed E-state index contributed by atoms with van der Waals surface area (Å²) < 4.78 is 70.9. The van der Waals surface area contributed by atoms with Crippen LogP contribution < -0.4 is 4.57 Å². The first kappa shape index (κ1) is 5.56. The Labute approximate surface area is 123 Å². The largest absolute Gasteiger partial charge is 0.212 e. The molecule has 0 radical (unpaired) electrons. The second kappa shape index (κ2) is 4.56. The maximum atomic E-state index is 7.81. The number of nitrogens with zero attached hydrogens (tertiary/aromatic N) is 1. The van der Waals surface area contributed by atoms with Crippen LogP contribution in [0.2, 0.25) is 0 Å². The van der Waals surface area contributed by atoms with Crippen molar-refractivity contribution >= 4 is 0 Å². The fourth-order valence-corrected chi connectivity index (χ4v) is 2.01. The van der Waals surface area contributed by atoms with Gasteiger partial charge in [0.2, 0.25) is 5.69 Å². The van der Waals surface area contributed by atoms with Gasteiger partial charge in [0.05, 0.1) is 0 Å². The third kappa shape index (κ3) is 2.05. The predicted octanol–water partition coefficient (Wildman–Crippen LogP) is 3.72. The Balaban J connectivity index is 2.81. The number of hydrogen-bond acceptors (Lipinski definition) is 0. The fraction of sp³-hybridized carbons (Fsp3) is 0.353. The number of hydrogen-bond donors (Lipinski definition) is 0. The molecular weight excluding hydrogens is 218 g/mol. The lowest BCUT2D eigenvalue weighted by atomic mass is 9.95. The molecule has 2 rings (SSSR count). The van der Waals surface area contributed by atoms with E-state index < -0.39 is 20.6 Å². The molecule has 0 saturated carbocycles. The van der Waals surface area contributed by atoms with Gasteiger partial charge in [0.25, 0.3) is 0 Å². The SMILES string of the molecule is [2H]C([2H])([2H])c1c[n+](C)c(-c2ccc(C([2H])([2H])[2H])c(C([2H])([2H])[2H])c2C)cc1C. The van der Waals surface area contributed by atoms with Crippen molar-refractivity contribution in [1.82, 2.24) is 0 Å². The lowest BCUT2D eigenvalue weighted by Gasteiger charge is -2.11. The third-order valence-corrected chi connectivity index (χ3v) is 3.22. The summed E-state index contributed by atoms with van der Waals surface area (Å²) in [5, 5.41) is 0. The molecule has 0 aliphatic carbocycles. The Morgan fingerprint density at radius 1 is 0.944 bits per heavy atom. The number of aromatic nitrogens is 1. The van der Waals surface area contributed by atoms with Crippen LogP contribution in [0.5, 0.6) is 0 Å². The summed E-state index contributed by atoms with van der Waals surface area (Å²) in [5.74, 6) is 0. The predicted molar refractivity (Wildman–Crippen MR) is 76.7 cm³/mol. The van der Waals surface area contributed by atoms with E-state index >= 15 is 0 Å². The molecule has 0 spiro atoms. The summed E-state index contributed by atoms with van der Waals surface area (Å²) in [6.07, 6.45) is 1.50. The molecule has 1 aromatic heterocycles. The van der Waals surface area contributed by atoms with E-state index in [0.717, 1.165) is 0 Å². The van der Waals surface area contributed by atoms with Crippen LogP contribution in [0, 0.1) is 34.4 Å². The molecule has 0 amide bonds. The van der Waals surface area contributed by atoms with Crippen molar-refractivity contribution in [3.63, 3.8) is 0 Å². The van der Waals surface area contributed by atoms with Crippen LogP contribution in [0.3, 0.4) is 0 Å². The van der Waals surface area contributed by atoms with E-state index in [1.54, 1.807) is 37.6 Å². The maximum absolute atomic E-state index is 7.81. The van der Waals surface area contributed by atoms with E-state index in [9.17, 15) is 0 Å². The Bertz CT molecular complexity index is 874. The van der Waals surface area contributed by atoms with Crippen molar-refractivity contribution < 1.29 is 16.9 Å².